The molecule has 3 rings (SSSR count). The Kier molecular flexibility index (Phi) is 6.41. The second kappa shape index (κ2) is 8.97. The molecule has 1 saturated carbocycles. The van der Waals surface area contributed by atoms with Gasteiger partial charge < -0.3 is 4.90 Å². The lowest BCUT2D eigenvalue weighted by atomic mass is 9.83. The summed E-state index contributed by atoms with van der Waals surface area (Å²) in [6, 6.07) is 10.7. The van der Waals surface area contributed by atoms with Crippen molar-refractivity contribution >= 4 is 11.6 Å². The van der Waals surface area contributed by atoms with Gasteiger partial charge in [-0.3, -0.25) is 4.79 Å². The van der Waals surface area contributed by atoms with Crippen LogP contribution in [0.3, 0.4) is 0 Å². The maximum atomic E-state index is 12.0. The fraction of sp³-hybridized carbons (Fsp3) is 0.600. The largest absolute Gasteiger partial charge is 0.303 e. The van der Waals surface area contributed by atoms with Crippen molar-refractivity contribution in [3.05, 3.63) is 35.9 Å². The van der Waals surface area contributed by atoms with Crippen LogP contribution in [-0.4, -0.2) is 36.2 Å². The number of amides is 1. The van der Waals surface area contributed by atoms with E-state index in [0.717, 1.165) is 51.0 Å². The summed E-state index contributed by atoms with van der Waals surface area (Å²) in [5.41, 5.74) is 5.35. The predicted octanol–water partition coefficient (Wildman–Crippen LogP) is 3.69. The van der Waals surface area contributed by atoms with Crippen molar-refractivity contribution in [1.29, 1.82) is 0 Å². The number of hydrogen-bond donors (Lipinski definition) is 1. The molecular weight excluding hydrogens is 298 g/mol. The molecule has 4 nitrogen and oxygen atoms in total. The van der Waals surface area contributed by atoms with E-state index < -0.39 is 0 Å². The smallest absolute Gasteiger partial charge is 0.241 e. The predicted molar refractivity (Wildman–Crippen MR) is 98.1 cm³/mol. The van der Waals surface area contributed by atoms with Gasteiger partial charge in [-0.2, -0.15) is 5.10 Å². The quantitative estimate of drug-likeness (QED) is 0.838. The molecule has 1 amide bonds. The van der Waals surface area contributed by atoms with E-state index in [2.05, 4.69) is 45.8 Å². The molecular formula is C20H29N3O. The van der Waals surface area contributed by atoms with Crippen LogP contribution in [0.4, 0.5) is 0 Å². The average Bonchev–Trinajstić information content (AvgIpc) is 2.67. The van der Waals surface area contributed by atoms with Gasteiger partial charge in [-0.15, -0.1) is 0 Å². The molecule has 1 aliphatic carbocycles. The second-order valence-electron chi connectivity index (χ2n) is 7.05. The fourth-order valence-electron chi connectivity index (χ4n) is 3.76. The van der Waals surface area contributed by atoms with Crippen LogP contribution in [0.5, 0.6) is 0 Å². The topological polar surface area (TPSA) is 44.7 Å². The summed E-state index contributed by atoms with van der Waals surface area (Å²) in [7, 11) is 0. The van der Waals surface area contributed by atoms with Crippen LogP contribution in [0.15, 0.2) is 35.4 Å². The number of nitrogens with zero attached hydrogens (tertiary/aromatic N) is 2. The lowest BCUT2D eigenvalue weighted by molar-refractivity contribution is -0.121. The van der Waals surface area contributed by atoms with Gasteiger partial charge in [0.2, 0.25) is 5.91 Å². The molecule has 2 aliphatic rings. The number of likely N-dealkylation sites (tertiary alicyclic amines) is 1. The molecule has 0 unspecified atom stereocenters. The number of hydrazone groups is 1. The highest BCUT2D eigenvalue weighted by atomic mass is 16.2. The number of hydrogen-bond acceptors (Lipinski definition) is 3. The summed E-state index contributed by atoms with van der Waals surface area (Å²) in [6.07, 6.45) is 8.68. The van der Waals surface area contributed by atoms with Gasteiger partial charge in [0, 0.05) is 18.7 Å². The molecule has 0 spiro atoms. The van der Waals surface area contributed by atoms with Gasteiger partial charge in [-0.25, -0.2) is 5.43 Å². The molecule has 1 heterocycles. The molecule has 1 aromatic rings. The third-order valence-corrected chi connectivity index (χ3v) is 5.28. The van der Waals surface area contributed by atoms with Gasteiger partial charge in [0.1, 0.15) is 0 Å². The van der Waals surface area contributed by atoms with E-state index in [1.54, 1.807) is 0 Å². The van der Waals surface area contributed by atoms with Crippen LogP contribution in [0.2, 0.25) is 0 Å². The summed E-state index contributed by atoms with van der Waals surface area (Å²) in [6.45, 7) is 3.15. The number of carbonyl (C=O) groups excluding carboxylic acids is 1. The molecule has 1 N–H and O–H groups in total. The lowest BCUT2D eigenvalue weighted by Crippen LogP contribution is -2.33. The summed E-state index contributed by atoms with van der Waals surface area (Å²) < 4.78 is 0. The summed E-state index contributed by atoms with van der Waals surface area (Å²) >= 11 is 0. The lowest BCUT2D eigenvalue weighted by Gasteiger charge is -2.26. The SMILES string of the molecule is O=C(CCN1CCCCC1)NN=C1CCC(c2ccccc2)CC1. The molecule has 0 atom stereocenters. The van der Waals surface area contributed by atoms with Gasteiger partial charge in [0.15, 0.2) is 0 Å². The van der Waals surface area contributed by atoms with Crippen molar-refractivity contribution in [3.63, 3.8) is 0 Å². The van der Waals surface area contributed by atoms with Crippen LogP contribution in [-0.2, 0) is 4.79 Å². The van der Waals surface area contributed by atoms with E-state index >= 15 is 0 Å². The number of rotatable bonds is 5. The Hall–Kier alpha value is -1.68. The van der Waals surface area contributed by atoms with Crippen LogP contribution in [0, 0.1) is 0 Å². The molecule has 130 valence electrons. The molecule has 0 bridgehead atoms. The zero-order chi connectivity index (χ0) is 16.6. The van der Waals surface area contributed by atoms with Gasteiger partial charge in [0.05, 0.1) is 0 Å². The molecule has 0 aromatic heterocycles. The van der Waals surface area contributed by atoms with Gasteiger partial charge in [-0.05, 0) is 63.1 Å². The highest BCUT2D eigenvalue weighted by Gasteiger charge is 2.19. The van der Waals surface area contributed by atoms with Crippen molar-refractivity contribution < 1.29 is 4.79 Å². The minimum absolute atomic E-state index is 0.0539. The Morgan fingerprint density at radius 1 is 1.08 bits per heavy atom. The third kappa shape index (κ3) is 5.17. The number of benzene rings is 1. The van der Waals surface area contributed by atoms with Crippen LogP contribution in [0.1, 0.15) is 62.8 Å². The maximum absolute atomic E-state index is 12.0. The summed E-state index contributed by atoms with van der Waals surface area (Å²) in [4.78, 5) is 14.4. The Labute approximate surface area is 145 Å². The van der Waals surface area contributed by atoms with E-state index in [9.17, 15) is 4.79 Å². The average molecular weight is 327 g/mol. The van der Waals surface area contributed by atoms with Crippen molar-refractivity contribution in [2.45, 2.75) is 57.3 Å². The molecule has 24 heavy (non-hydrogen) atoms. The monoisotopic (exact) mass is 327 g/mol. The zero-order valence-corrected chi connectivity index (χ0v) is 14.5. The Morgan fingerprint density at radius 2 is 1.79 bits per heavy atom. The van der Waals surface area contributed by atoms with E-state index in [0.29, 0.717) is 12.3 Å². The van der Waals surface area contributed by atoms with Crippen LogP contribution >= 0.6 is 0 Å². The van der Waals surface area contributed by atoms with Gasteiger partial charge >= 0.3 is 0 Å². The normalized spacial score (nSPS) is 22.2. The Morgan fingerprint density at radius 3 is 2.50 bits per heavy atom. The van der Waals surface area contributed by atoms with Crippen molar-refractivity contribution in [2.24, 2.45) is 5.10 Å². The van der Waals surface area contributed by atoms with Gasteiger partial charge in [0.25, 0.3) is 0 Å². The van der Waals surface area contributed by atoms with E-state index in [1.165, 1.54) is 24.8 Å². The first-order valence-electron chi connectivity index (χ1n) is 9.43. The first kappa shape index (κ1) is 17.2. The highest BCUT2D eigenvalue weighted by Crippen LogP contribution is 2.31. The Balaban J connectivity index is 1.37. The first-order chi connectivity index (χ1) is 11.8. The van der Waals surface area contributed by atoms with Crippen molar-refractivity contribution in [2.75, 3.05) is 19.6 Å². The number of carbonyl (C=O) groups is 1. The minimum Gasteiger partial charge on any atom is -0.303 e. The molecule has 2 fully saturated rings. The molecule has 1 aromatic carbocycles. The van der Waals surface area contributed by atoms with Crippen LogP contribution < -0.4 is 5.43 Å². The van der Waals surface area contributed by atoms with E-state index in [4.69, 9.17) is 0 Å². The number of piperidine rings is 1. The summed E-state index contributed by atoms with van der Waals surface area (Å²) in [5, 5.41) is 4.37. The standard InChI is InChI=1S/C20H29N3O/c24-20(13-16-23-14-5-2-6-15-23)22-21-19-11-9-18(10-12-19)17-7-3-1-4-8-17/h1,3-4,7-8,18H,2,5-6,9-16H2,(H,22,24). The van der Waals surface area contributed by atoms with E-state index in [-0.39, 0.29) is 5.91 Å². The molecule has 4 heteroatoms. The zero-order valence-electron chi connectivity index (χ0n) is 14.5. The highest BCUT2D eigenvalue weighted by molar-refractivity contribution is 5.87. The Bertz CT molecular complexity index is 539. The van der Waals surface area contributed by atoms with Gasteiger partial charge in [-0.1, -0.05) is 36.8 Å². The second-order valence-corrected chi connectivity index (χ2v) is 7.05. The van der Waals surface area contributed by atoms with Crippen LogP contribution in [0.25, 0.3) is 0 Å². The van der Waals surface area contributed by atoms with Crippen molar-refractivity contribution in [1.82, 2.24) is 10.3 Å². The molecule has 1 aliphatic heterocycles. The fourth-order valence-corrected chi connectivity index (χ4v) is 3.76. The number of nitrogens with one attached hydrogen (secondary N) is 1. The maximum Gasteiger partial charge on any atom is 0.241 e. The third-order valence-electron chi connectivity index (χ3n) is 5.28. The molecule has 1 saturated heterocycles. The summed E-state index contributed by atoms with van der Waals surface area (Å²) in [5.74, 6) is 0.693. The first-order valence-corrected chi connectivity index (χ1v) is 9.43. The van der Waals surface area contributed by atoms with Crippen molar-refractivity contribution in [3.8, 4) is 0 Å². The van der Waals surface area contributed by atoms with E-state index in [1.807, 2.05) is 0 Å². The molecule has 0 radical (unpaired) electrons. The minimum atomic E-state index is 0.0539.